The maximum Gasteiger partial charge on any atom is 0.290 e. The van der Waals surface area contributed by atoms with E-state index < -0.39 is 6.04 Å². The molecule has 120 valence electrons. The van der Waals surface area contributed by atoms with Crippen LogP contribution in [-0.4, -0.2) is 17.4 Å². The van der Waals surface area contributed by atoms with Crippen molar-refractivity contribution in [1.29, 1.82) is 0 Å². The van der Waals surface area contributed by atoms with Gasteiger partial charge in [-0.25, -0.2) is 4.39 Å². The number of benzene rings is 2. The Kier molecular flexibility index (Phi) is 3.23. The highest BCUT2D eigenvalue weighted by atomic mass is 19.1. The van der Waals surface area contributed by atoms with Gasteiger partial charge in [0.2, 0.25) is 5.76 Å². The van der Waals surface area contributed by atoms with Crippen molar-refractivity contribution in [3.63, 3.8) is 0 Å². The van der Waals surface area contributed by atoms with Gasteiger partial charge in [-0.2, -0.15) is 0 Å². The average molecular weight is 323 g/mol. The van der Waals surface area contributed by atoms with Crippen molar-refractivity contribution in [1.82, 2.24) is 4.90 Å². The molecule has 0 fully saturated rings. The minimum atomic E-state index is -0.557. The molecule has 1 amide bonds. The fourth-order valence-electron chi connectivity index (χ4n) is 3.28. The van der Waals surface area contributed by atoms with Gasteiger partial charge in [-0.05, 0) is 36.8 Å². The van der Waals surface area contributed by atoms with Crippen LogP contribution in [0.2, 0.25) is 0 Å². The summed E-state index contributed by atoms with van der Waals surface area (Å²) in [5.41, 5.74) is 1.19. The van der Waals surface area contributed by atoms with Crippen molar-refractivity contribution in [2.45, 2.75) is 13.0 Å². The Labute approximate surface area is 137 Å². The SMILES string of the molecule is CCN1C(=O)c2oc3ccccc3c(=O)c2[C@H]1c1ccc(F)cc1. The lowest BCUT2D eigenvalue weighted by Gasteiger charge is -2.23. The molecule has 24 heavy (non-hydrogen) atoms. The van der Waals surface area contributed by atoms with Crippen LogP contribution < -0.4 is 5.43 Å². The molecule has 3 aromatic rings. The van der Waals surface area contributed by atoms with E-state index in [2.05, 4.69) is 0 Å². The summed E-state index contributed by atoms with van der Waals surface area (Å²) in [6.07, 6.45) is 0. The van der Waals surface area contributed by atoms with Crippen LogP contribution in [0.25, 0.3) is 11.0 Å². The number of para-hydroxylation sites is 1. The number of halogens is 1. The zero-order valence-corrected chi connectivity index (χ0v) is 13.0. The molecule has 0 saturated heterocycles. The molecule has 4 nitrogen and oxygen atoms in total. The van der Waals surface area contributed by atoms with E-state index in [1.807, 2.05) is 6.92 Å². The van der Waals surface area contributed by atoms with E-state index in [0.717, 1.165) is 0 Å². The predicted octanol–water partition coefficient (Wildman–Crippen LogP) is 3.50. The largest absolute Gasteiger partial charge is 0.450 e. The summed E-state index contributed by atoms with van der Waals surface area (Å²) in [7, 11) is 0. The number of amides is 1. The third-order valence-electron chi connectivity index (χ3n) is 4.40. The van der Waals surface area contributed by atoms with Gasteiger partial charge in [-0.3, -0.25) is 9.59 Å². The highest BCUT2D eigenvalue weighted by Crippen LogP contribution is 2.37. The maximum absolute atomic E-state index is 13.3. The smallest absolute Gasteiger partial charge is 0.290 e. The first kappa shape index (κ1) is 14.6. The molecule has 5 heteroatoms. The first-order valence-electron chi connectivity index (χ1n) is 7.74. The average Bonchev–Trinajstić information content (AvgIpc) is 2.88. The first-order valence-corrected chi connectivity index (χ1v) is 7.74. The van der Waals surface area contributed by atoms with E-state index in [-0.39, 0.29) is 22.9 Å². The van der Waals surface area contributed by atoms with Crippen molar-refractivity contribution in [3.05, 3.63) is 81.5 Å². The van der Waals surface area contributed by atoms with Gasteiger partial charge in [-0.15, -0.1) is 0 Å². The van der Waals surface area contributed by atoms with E-state index in [9.17, 15) is 14.0 Å². The first-order chi connectivity index (χ1) is 11.6. The number of carbonyl (C=O) groups is 1. The minimum absolute atomic E-state index is 0.0786. The molecule has 0 radical (unpaired) electrons. The molecule has 1 aromatic heterocycles. The van der Waals surface area contributed by atoms with Gasteiger partial charge in [0.05, 0.1) is 17.0 Å². The molecule has 2 aromatic carbocycles. The normalized spacial score (nSPS) is 16.7. The Morgan fingerprint density at radius 3 is 2.50 bits per heavy atom. The van der Waals surface area contributed by atoms with Gasteiger partial charge in [-0.1, -0.05) is 24.3 Å². The minimum Gasteiger partial charge on any atom is -0.450 e. The lowest BCUT2D eigenvalue weighted by atomic mass is 9.98. The zero-order valence-electron chi connectivity index (χ0n) is 13.0. The van der Waals surface area contributed by atoms with E-state index >= 15 is 0 Å². The zero-order chi connectivity index (χ0) is 16.8. The van der Waals surface area contributed by atoms with Gasteiger partial charge in [0, 0.05) is 6.54 Å². The van der Waals surface area contributed by atoms with Gasteiger partial charge < -0.3 is 9.32 Å². The topological polar surface area (TPSA) is 50.5 Å². The molecular formula is C19H14FNO3. The summed E-state index contributed by atoms with van der Waals surface area (Å²) < 4.78 is 19.0. The van der Waals surface area contributed by atoms with Crippen LogP contribution in [0.4, 0.5) is 4.39 Å². The van der Waals surface area contributed by atoms with Crippen molar-refractivity contribution < 1.29 is 13.6 Å². The Morgan fingerprint density at radius 1 is 1.08 bits per heavy atom. The molecule has 0 unspecified atom stereocenters. The highest BCUT2D eigenvalue weighted by Gasteiger charge is 2.41. The summed E-state index contributed by atoms with van der Waals surface area (Å²) in [6, 6.07) is 12.2. The van der Waals surface area contributed by atoms with Crippen LogP contribution in [0, 0.1) is 5.82 Å². The summed E-state index contributed by atoms with van der Waals surface area (Å²) in [6.45, 7) is 2.26. The quantitative estimate of drug-likeness (QED) is 0.725. The fourth-order valence-corrected chi connectivity index (χ4v) is 3.28. The molecule has 2 heterocycles. The number of nitrogens with zero attached hydrogens (tertiary/aromatic N) is 1. The summed E-state index contributed by atoms with van der Waals surface area (Å²) in [5.74, 6) is -0.601. The van der Waals surface area contributed by atoms with E-state index in [1.165, 1.54) is 12.1 Å². The predicted molar refractivity (Wildman–Crippen MR) is 87.4 cm³/mol. The Balaban J connectivity index is 2.03. The molecule has 4 rings (SSSR count). The van der Waals surface area contributed by atoms with Gasteiger partial charge in [0.25, 0.3) is 5.91 Å². The van der Waals surface area contributed by atoms with E-state index in [1.54, 1.807) is 41.3 Å². The molecule has 1 atom stereocenters. The summed E-state index contributed by atoms with van der Waals surface area (Å²) >= 11 is 0. The monoisotopic (exact) mass is 323 g/mol. The van der Waals surface area contributed by atoms with Crippen LogP contribution in [0.5, 0.6) is 0 Å². The number of hydrogen-bond acceptors (Lipinski definition) is 3. The second kappa shape index (κ2) is 5.30. The van der Waals surface area contributed by atoms with Crippen LogP contribution in [0.1, 0.15) is 34.6 Å². The van der Waals surface area contributed by atoms with E-state index in [4.69, 9.17) is 4.42 Å². The van der Waals surface area contributed by atoms with Crippen LogP contribution >= 0.6 is 0 Å². The van der Waals surface area contributed by atoms with Crippen molar-refractivity contribution in [3.8, 4) is 0 Å². The number of hydrogen-bond donors (Lipinski definition) is 0. The molecular weight excluding hydrogens is 309 g/mol. The third-order valence-corrected chi connectivity index (χ3v) is 4.40. The van der Waals surface area contributed by atoms with Crippen molar-refractivity contribution >= 4 is 16.9 Å². The third kappa shape index (κ3) is 1.98. The molecule has 0 saturated carbocycles. The molecule has 0 N–H and O–H groups in total. The summed E-state index contributed by atoms with van der Waals surface area (Å²) in [4.78, 5) is 27.2. The fraction of sp³-hybridized carbons (Fsp3) is 0.158. The Morgan fingerprint density at radius 2 is 1.79 bits per heavy atom. The highest BCUT2D eigenvalue weighted by molar-refractivity contribution is 5.99. The van der Waals surface area contributed by atoms with Crippen molar-refractivity contribution in [2.75, 3.05) is 6.54 Å². The lowest BCUT2D eigenvalue weighted by molar-refractivity contribution is 0.0738. The molecule has 0 spiro atoms. The molecule has 0 bridgehead atoms. The van der Waals surface area contributed by atoms with E-state index in [0.29, 0.717) is 28.6 Å². The number of rotatable bonds is 2. The van der Waals surface area contributed by atoms with Gasteiger partial charge in [0.15, 0.2) is 5.43 Å². The number of carbonyl (C=O) groups excluding carboxylic acids is 1. The molecule has 1 aliphatic rings. The second-order valence-electron chi connectivity index (χ2n) is 5.72. The summed E-state index contributed by atoms with van der Waals surface area (Å²) in [5, 5.41) is 0.439. The van der Waals surface area contributed by atoms with Crippen molar-refractivity contribution in [2.24, 2.45) is 0 Å². The van der Waals surface area contributed by atoms with Crippen LogP contribution in [0.15, 0.2) is 57.7 Å². The number of fused-ring (bicyclic) bond motifs is 2. The molecule has 1 aliphatic heterocycles. The Bertz CT molecular complexity index is 1010. The lowest BCUT2D eigenvalue weighted by Crippen LogP contribution is -2.29. The second-order valence-corrected chi connectivity index (χ2v) is 5.72. The maximum atomic E-state index is 13.3. The van der Waals surface area contributed by atoms with Crippen LogP contribution in [-0.2, 0) is 0 Å². The van der Waals surface area contributed by atoms with Crippen LogP contribution in [0.3, 0.4) is 0 Å². The molecule has 0 aliphatic carbocycles. The van der Waals surface area contributed by atoms with Gasteiger partial charge in [0.1, 0.15) is 11.4 Å². The standard InChI is InChI=1S/C19H14FNO3/c1-2-21-16(11-7-9-12(20)10-8-11)15-17(22)13-5-3-4-6-14(13)24-18(15)19(21)23/h3-10,16H,2H2,1H3/t16-/m1/s1. The Hall–Kier alpha value is -2.95. The van der Waals surface area contributed by atoms with Gasteiger partial charge >= 0.3 is 0 Å².